The minimum atomic E-state index is -0.380. The lowest BCUT2D eigenvalue weighted by molar-refractivity contribution is -0.120. The Morgan fingerprint density at radius 2 is 1.77 bits per heavy atom. The SMILES string of the molecule is Cc1cc(-c2nc(-c3cnn(C4CCN(CCc5ccc(N6CCC(=O)NC6=O)cc5)CC4)c3)cn3nccc23)ccc1[C@@H](C)NC(=O)c1nnn(C(C)(C)C)n1. The van der Waals surface area contributed by atoms with Gasteiger partial charge in [0, 0.05) is 55.6 Å². The molecule has 294 valence electrons. The molecule has 4 amide bonds. The molecular formula is C41H47N13O3. The Labute approximate surface area is 330 Å². The van der Waals surface area contributed by atoms with Gasteiger partial charge < -0.3 is 10.2 Å². The van der Waals surface area contributed by atoms with E-state index in [1.807, 2.05) is 81.9 Å². The highest BCUT2D eigenvalue weighted by atomic mass is 16.2. The number of nitrogens with zero attached hydrogens (tertiary/aromatic N) is 11. The van der Waals surface area contributed by atoms with E-state index in [-0.39, 0.29) is 35.3 Å². The number of aryl methyl sites for hydroxylation is 1. The lowest BCUT2D eigenvalue weighted by atomic mass is 9.98. The van der Waals surface area contributed by atoms with Crippen molar-refractivity contribution >= 4 is 29.0 Å². The number of likely N-dealkylation sites (tertiary alicyclic amines) is 1. The van der Waals surface area contributed by atoms with Gasteiger partial charge in [0.15, 0.2) is 0 Å². The van der Waals surface area contributed by atoms with Crippen LogP contribution >= 0.6 is 0 Å². The highest BCUT2D eigenvalue weighted by molar-refractivity contribution is 6.05. The number of piperidine rings is 1. The van der Waals surface area contributed by atoms with Gasteiger partial charge in [-0.2, -0.15) is 15.0 Å². The number of anilines is 1. The Bertz CT molecular complexity index is 2430. The van der Waals surface area contributed by atoms with E-state index in [2.05, 4.69) is 65.1 Å². The minimum absolute atomic E-state index is 0.0346. The quantitative estimate of drug-likeness (QED) is 0.190. The monoisotopic (exact) mass is 769 g/mol. The van der Waals surface area contributed by atoms with Crippen LogP contribution < -0.4 is 15.5 Å². The number of nitrogens with one attached hydrogen (secondary N) is 2. The molecule has 2 fully saturated rings. The third-order valence-corrected chi connectivity index (χ3v) is 10.8. The maximum Gasteiger partial charge on any atom is 0.328 e. The fraction of sp³-hybridized carbons (Fsp3) is 0.390. The van der Waals surface area contributed by atoms with Gasteiger partial charge in [-0.15, -0.1) is 10.2 Å². The van der Waals surface area contributed by atoms with Crippen molar-refractivity contribution in [2.75, 3.05) is 31.1 Å². The first-order valence-corrected chi connectivity index (χ1v) is 19.4. The summed E-state index contributed by atoms with van der Waals surface area (Å²) in [5.74, 6) is -0.575. The number of tetrazole rings is 1. The Morgan fingerprint density at radius 3 is 2.49 bits per heavy atom. The van der Waals surface area contributed by atoms with Crippen LogP contribution in [0.3, 0.4) is 0 Å². The van der Waals surface area contributed by atoms with Crippen LogP contribution in [0.5, 0.6) is 0 Å². The molecule has 0 bridgehead atoms. The number of hydrogen-bond donors (Lipinski definition) is 2. The van der Waals surface area contributed by atoms with Crippen molar-refractivity contribution in [2.24, 2.45) is 0 Å². The Morgan fingerprint density at radius 1 is 0.982 bits per heavy atom. The first-order valence-electron chi connectivity index (χ1n) is 19.4. The Kier molecular flexibility index (Phi) is 10.1. The molecule has 2 saturated heterocycles. The summed E-state index contributed by atoms with van der Waals surface area (Å²) < 4.78 is 3.94. The molecule has 6 heterocycles. The van der Waals surface area contributed by atoms with Crippen molar-refractivity contribution in [3.05, 3.63) is 95.8 Å². The van der Waals surface area contributed by atoms with Crippen molar-refractivity contribution in [3.63, 3.8) is 0 Å². The van der Waals surface area contributed by atoms with Crippen molar-refractivity contribution in [3.8, 4) is 22.5 Å². The molecule has 4 aromatic heterocycles. The van der Waals surface area contributed by atoms with E-state index < -0.39 is 0 Å². The molecule has 0 radical (unpaired) electrons. The van der Waals surface area contributed by atoms with E-state index in [1.54, 1.807) is 11.1 Å². The molecule has 0 unspecified atom stereocenters. The summed E-state index contributed by atoms with van der Waals surface area (Å²) in [6, 6.07) is 15.8. The lowest BCUT2D eigenvalue weighted by Gasteiger charge is -2.32. The third-order valence-electron chi connectivity index (χ3n) is 10.8. The molecule has 2 aromatic carbocycles. The fourth-order valence-corrected chi connectivity index (χ4v) is 7.53. The summed E-state index contributed by atoms with van der Waals surface area (Å²) in [5.41, 5.74) is 7.97. The normalized spacial score (nSPS) is 16.3. The van der Waals surface area contributed by atoms with E-state index in [4.69, 9.17) is 10.1 Å². The van der Waals surface area contributed by atoms with Gasteiger partial charge in [-0.05, 0) is 100 Å². The molecule has 57 heavy (non-hydrogen) atoms. The van der Waals surface area contributed by atoms with Gasteiger partial charge in [0.2, 0.25) is 5.91 Å². The van der Waals surface area contributed by atoms with Crippen LogP contribution in [-0.4, -0.2) is 93.5 Å². The van der Waals surface area contributed by atoms with Crippen LogP contribution in [0, 0.1) is 6.92 Å². The summed E-state index contributed by atoms with van der Waals surface area (Å²) in [6.07, 6.45) is 10.9. The van der Waals surface area contributed by atoms with Gasteiger partial charge in [0.05, 0.1) is 53.1 Å². The van der Waals surface area contributed by atoms with Crippen LogP contribution in [0.4, 0.5) is 10.5 Å². The van der Waals surface area contributed by atoms with Gasteiger partial charge in [-0.3, -0.25) is 24.5 Å². The number of fused-ring (bicyclic) bond motifs is 1. The predicted octanol–water partition coefficient (Wildman–Crippen LogP) is 5.13. The topological polar surface area (TPSA) is 173 Å². The molecule has 16 heteroatoms. The van der Waals surface area contributed by atoms with Crippen molar-refractivity contribution in [1.29, 1.82) is 0 Å². The van der Waals surface area contributed by atoms with Crippen LogP contribution in [-0.2, 0) is 16.8 Å². The van der Waals surface area contributed by atoms with E-state index >= 15 is 0 Å². The average Bonchev–Trinajstić information content (AvgIpc) is 3.99. The van der Waals surface area contributed by atoms with Crippen molar-refractivity contribution < 1.29 is 14.4 Å². The second-order valence-corrected chi connectivity index (χ2v) is 15.9. The molecule has 16 nitrogen and oxygen atoms in total. The minimum Gasteiger partial charge on any atom is -0.343 e. The van der Waals surface area contributed by atoms with Gasteiger partial charge in [-0.1, -0.05) is 24.3 Å². The largest absolute Gasteiger partial charge is 0.343 e. The van der Waals surface area contributed by atoms with E-state index in [9.17, 15) is 14.4 Å². The second-order valence-electron chi connectivity index (χ2n) is 15.9. The van der Waals surface area contributed by atoms with Crippen LogP contribution in [0.1, 0.15) is 86.4 Å². The summed E-state index contributed by atoms with van der Waals surface area (Å²) in [5, 5.41) is 27.0. The highest BCUT2D eigenvalue weighted by Crippen LogP contribution is 2.31. The molecule has 0 aliphatic carbocycles. The van der Waals surface area contributed by atoms with Gasteiger partial charge >= 0.3 is 6.03 Å². The van der Waals surface area contributed by atoms with Gasteiger partial charge in [0.25, 0.3) is 11.7 Å². The molecule has 1 atom stereocenters. The van der Waals surface area contributed by atoms with Gasteiger partial charge in [-0.25, -0.2) is 14.3 Å². The number of rotatable bonds is 10. The highest BCUT2D eigenvalue weighted by Gasteiger charge is 2.26. The van der Waals surface area contributed by atoms with Crippen LogP contribution in [0.15, 0.2) is 73.3 Å². The third kappa shape index (κ3) is 8.03. The lowest BCUT2D eigenvalue weighted by Crippen LogP contribution is -2.49. The van der Waals surface area contributed by atoms with Crippen molar-refractivity contribution in [2.45, 2.75) is 77.9 Å². The predicted molar refractivity (Wildman–Crippen MR) is 213 cm³/mol. The molecule has 2 N–H and O–H groups in total. The maximum absolute atomic E-state index is 13.0. The van der Waals surface area contributed by atoms with E-state index in [0.29, 0.717) is 19.0 Å². The standard InChI is InChI=1S/C41H47N13O3/c1-26-22-29(8-11-33(26)27(2)44-39(56)38-47-49-54(48-38)41(3,4)5)37-35-12-17-42-53(35)25-34(45-37)30-23-43-52(24-30)32-14-19-50(20-15-32)18-13-28-6-9-31(10-7-28)51-21-16-36(55)46-40(51)57/h6-12,17,22-25,27,32H,13-16,18-21H2,1-5H3,(H,44,56)(H,46,55,57)/t27-/m1/s1. The number of hydrogen-bond acceptors (Lipinski definition) is 10. The van der Waals surface area contributed by atoms with E-state index in [0.717, 1.165) is 83.7 Å². The first kappa shape index (κ1) is 37.6. The molecular weight excluding hydrogens is 723 g/mol. The number of imide groups is 1. The summed E-state index contributed by atoms with van der Waals surface area (Å²) >= 11 is 0. The number of carbonyl (C=O) groups excluding carboxylic acids is 3. The Hall–Kier alpha value is -6.29. The number of urea groups is 1. The summed E-state index contributed by atoms with van der Waals surface area (Å²) in [4.78, 5) is 47.4. The second kappa shape index (κ2) is 15.3. The molecule has 0 spiro atoms. The molecule has 6 aromatic rings. The van der Waals surface area contributed by atoms with Crippen LogP contribution in [0.25, 0.3) is 28.0 Å². The molecule has 2 aliphatic heterocycles. The Balaban J connectivity index is 0.897. The number of amides is 4. The molecule has 0 saturated carbocycles. The summed E-state index contributed by atoms with van der Waals surface area (Å²) in [7, 11) is 0. The summed E-state index contributed by atoms with van der Waals surface area (Å²) in [6.45, 7) is 13.1. The number of benzene rings is 2. The zero-order valence-electron chi connectivity index (χ0n) is 32.9. The van der Waals surface area contributed by atoms with E-state index in [1.165, 1.54) is 10.4 Å². The first-order chi connectivity index (χ1) is 27.4. The van der Waals surface area contributed by atoms with Gasteiger partial charge in [0.1, 0.15) is 0 Å². The van der Waals surface area contributed by atoms with Crippen LogP contribution in [0.2, 0.25) is 0 Å². The van der Waals surface area contributed by atoms with Crippen molar-refractivity contribution in [1.82, 2.24) is 60.1 Å². The maximum atomic E-state index is 13.0. The smallest absolute Gasteiger partial charge is 0.328 e. The zero-order valence-corrected chi connectivity index (χ0v) is 32.9. The average molecular weight is 770 g/mol. The number of carbonyl (C=O) groups is 3. The molecule has 8 rings (SSSR count). The fourth-order valence-electron chi connectivity index (χ4n) is 7.53. The zero-order chi connectivity index (χ0) is 39.8. The number of aromatic nitrogens is 9. The molecule has 2 aliphatic rings.